The van der Waals surface area contributed by atoms with Crippen LogP contribution >= 0.6 is 31.9 Å². The molecule has 3 N–H and O–H groups in total. The molecule has 0 heterocycles. The summed E-state index contributed by atoms with van der Waals surface area (Å²) < 4.78 is 1.02. The van der Waals surface area contributed by atoms with Crippen LogP contribution in [0.5, 0.6) is 5.75 Å². The summed E-state index contributed by atoms with van der Waals surface area (Å²) in [5.41, 5.74) is 0.653. The van der Waals surface area contributed by atoms with E-state index in [2.05, 4.69) is 37.2 Å². The van der Waals surface area contributed by atoms with E-state index in [0.29, 0.717) is 14.6 Å². The van der Waals surface area contributed by atoms with Gasteiger partial charge in [-0.05, 0) is 52.3 Å². The monoisotopic (exact) mass is 413 g/mol. The van der Waals surface area contributed by atoms with E-state index >= 15 is 0 Å². The summed E-state index contributed by atoms with van der Waals surface area (Å²) in [5, 5.41) is 21.1. The van der Waals surface area contributed by atoms with Gasteiger partial charge in [-0.3, -0.25) is 4.79 Å². The maximum absolute atomic E-state index is 12.1. The molecular weight excluding hydrogens is 406 g/mol. The van der Waals surface area contributed by atoms with E-state index in [1.54, 1.807) is 12.1 Å². The maximum atomic E-state index is 12.1. The standard InChI is InChI=1S/C14H9Br2NO4/c15-9-3-8(14(20)21)4-10(6-9)17-13(19)7-1-2-11(16)12(18)5-7/h1-6,18H,(H,17,19)(H,20,21). The smallest absolute Gasteiger partial charge is 0.335 e. The molecule has 0 bridgehead atoms. The molecule has 2 aromatic rings. The topological polar surface area (TPSA) is 86.6 Å². The third-order valence-electron chi connectivity index (χ3n) is 2.61. The van der Waals surface area contributed by atoms with Crippen LogP contribution in [0.2, 0.25) is 0 Å². The Hall–Kier alpha value is -1.86. The van der Waals surface area contributed by atoms with Crippen LogP contribution in [-0.2, 0) is 0 Å². The van der Waals surface area contributed by atoms with Crippen molar-refractivity contribution in [2.45, 2.75) is 0 Å². The van der Waals surface area contributed by atoms with Crippen molar-refractivity contribution in [2.24, 2.45) is 0 Å². The lowest BCUT2D eigenvalue weighted by molar-refractivity contribution is 0.0696. The highest BCUT2D eigenvalue weighted by Crippen LogP contribution is 2.25. The highest BCUT2D eigenvalue weighted by Gasteiger charge is 2.11. The molecule has 0 aliphatic rings. The molecule has 0 saturated heterocycles. The molecule has 0 radical (unpaired) electrons. The fourth-order valence-electron chi connectivity index (χ4n) is 1.64. The van der Waals surface area contributed by atoms with E-state index in [0.717, 1.165) is 0 Å². The van der Waals surface area contributed by atoms with E-state index in [1.807, 2.05) is 0 Å². The minimum Gasteiger partial charge on any atom is -0.507 e. The van der Waals surface area contributed by atoms with Crippen LogP contribution in [0, 0.1) is 0 Å². The number of carbonyl (C=O) groups is 2. The number of halogens is 2. The predicted molar refractivity (Wildman–Crippen MR) is 84.9 cm³/mol. The van der Waals surface area contributed by atoms with E-state index in [4.69, 9.17) is 5.11 Å². The molecule has 0 saturated carbocycles. The molecule has 0 aliphatic carbocycles. The summed E-state index contributed by atoms with van der Waals surface area (Å²) in [4.78, 5) is 23.0. The van der Waals surface area contributed by atoms with Crippen molar-refractivity contribution in [1.29, 1.82) is 0 Å². The van der Waals surface area contributed by atoms with Gasteiger partial charge in [0.05, 0.1) is 10.0 Å². The Morgan fingerprint density at radius 3 is 2.33 bits per heavy atom. The summed E-state index contributed by atoms with van der Waals surface area (Å²) in [7, 11) is 0. The quantitative estimate of drug-likeness (QED) is 0.711. The lowest BCUT2D eigenvalue weighted by Crippen LogP contribution is -2.12. The summed E-state index contributed by atoms with van der Waals surface area (Å²) >= 11 is 6.31. The number of carbonyl (C=O) groups excluding carboxylic acids is 1. The number of hydrogen-bond acceptors (Lipinski definition) is 3. The number of phenolic OH excluding ortho intramolecular Hbond substituents is 1. The average Bonchev–Trinajstić information content (AvgIpc) is 2.41. The number of anilines is 1. The Morgan fingerprint density at radius 1 is 1.00 bits per heavy atom. The molecular formula is C14H9Br2NO4. The maximum Gasteiger partial charge on any atom is 0.335 e. The number of nitrogens with one attached hydrogen (secondary N) is 1. The number of aromatic hydroxyl groups is 1. The summed E-state index contributed by atoms with van der Waals surface area (Å²) in [6.07, 6.45) is 0. The van der Waals surface area contributed by atoms with Gasteiger partial charge in [-0.2, -0.15) is 0 Å². The third kappa shape index (κ3) is 3.83. The summed E-state index contributed by atoms with van der Waals surface area (Å²) in [6, 6.07) is 8.77. The largest absolute Gasteiger partial charge is 0.507 e. The highest BCUT2D eigenvalue weighted by atomic mass is 79.9. The van der Waals surface area contributed by atoms with Crippen LogP contribution < -0.4 is 5.32 Å². The molecule has 0 unspecified atom stereocenters. The minimum absolute atomic E-state index is 0.0527. The normalized spacial score (nSPS) is 10.2. The zero-order valence-electron chi connectivity index (χ0n) is 10.4. The Balaban J connectivity index is 2.27. The van der Waals surface area contributed by atoms with Gasteiger partial charge in [0.2, 0.25) is 0 Å². The zero-order valence-corrected chi connectivity index (χ0v) is 13.6. The fourth-order valence-corrected chi connectivity index (χ4v) is 2.38. The van der Waals surface area contributed by atoms with Crippen molar-refractivity contribution in [1.82, 2.24) is 0 Å². The van der Waals surface area contributed by atoms with Gasteiger partial charge >= 0.3 is 5.97 Å². The van der Waals surface area contributed by atoms with Crippen LogP contribution in [0.15, 0.2) is 45.3 Å². The molecule has 0 spiro atoms. The first-order valence-electron chi connectivity index (χ1n) is 5.70. The van der Waals surface area contributed by atoms with Crippen molar-refractivity contribution >= 4 is 49.4 Å². The van der Waals surface area contributed by atoms with Gasteiger partial charge in [0.1, 0.15) is 5.75 Å². The predicted octanol–water partition coefficient (Wildman–Crippen LogP) is 3.87. The van der Waals surface area contributed by atoms with Gasteiger partial charge in [-0.15, -0.1) is 0 Å². The van der Waals surface area contributed by atoms with Crippen molar-refractivity contribution in [3.8, 4) is 5.75 Å². The van der Waals surface area contributed by atoms with Crippen LogP contribution in [0.3, 0.4) is 0 Å². The third-order valence-corrected chi connectivity index (χ3v) is 3.74. The highest BCUT2D eigenvalue weighted by molar-refractivity contribution is 9.10. The van der Waals surface area contributed by atoms with Gasteiger partial charge in [0.15, 0.2) is 0 Å². The van der Waals surface area contributed by atoms with Crippen molar-refractivity contribution in [3.63, 3.8) is 0 Å². The average molecular weight is 415 g/mol. The molecule has 0 fully saturated rings. The lowest BCUT2D eigenvalue weighted by Gasteiger charge is -2.08. The Kier molecular flexibility index (Phi) is 4.64. The van der Waals surface area contributed by atoms with Crippen molar-refractivity contribution < 1.29 is 19.8 Å². The number of carboxylic acids is 1. The van der Waals surface area contributed by atoms with Gasteiger partial charge in [0.25, 0.3) is 5.91 Å². The first-order valence-corrected chi connectivity index (χ1v) is 7.29. The summed E-state index contributed by atoms with van der Waals surface area (Å²) in [6.45, 7) is 0. The molecule has 1 amide bonds. The molecule has 108 valence electrons. The van der Waals surface area contributed by atoms with Gasteiger partial charge < -0.3 is 15.5 Å². The molecule has 2 aromatic carbocycles. The van der Waals surface area contributed by atoms with Crippen molar-refractivity contribution in [3.05, 3.63) is 56.5 Å². The van der Waals surface area contributed by atoms with Gasteiger partial charge in [-0.25, -0.2) is 4.79 Å². The molecule has 7 heteroatoms. The van der Waals surface area contributed by atoms with E-state index < -0.39 is 11.9 Å². The fraction of sp³-hybridized carbons (Fsp3) is 0. The molecule has 0 aliphatic heterocycles. The van der Waals surface area contributed by atoms with Crippen molar-refractivity contribution in [2.75, 3.05) is 5.32 Å². The van der Waals surface area contributed by atoms with E-state index in [-0.39, 0.29) is 16.9 Å². The second-order valence-corrected chi connectivity index (χ2v) is 5.92. The number of aromatic carboxylic acids is 1. The summed E-state index contributed by atoms with van der Waals surface area (Å²) in [5.74, 6) is -1.59. The van der Waals surface area contributed by atoms with Crippen LogP contribution in [0.4, 0.5) is 5.69 Å². The number of hydrogen-bond donors (Lipinski definition) is 3. The molecule has 0 aromatic heterocycles. The first-order chi connectivity index (χ1) is 9.86. The number of carboxylic acid groups (broad SMARTS) is 1. The van der Waals surface area contributed by atoms with Gasteiger partial charge in [0, 0.05) is 15.7 Å². The van der Waals surface area contributed by atoms with Crippen LogP contribution in [-0.4, -0.2) is 22.1 Å². The SMILES string of the molecule is O=C(O)c1cc(Br)cc(NC(=O)c2ccc(Br)c(O)c2)c1. The van der Waals surface area contributed by atoms with Gasteiger partial charge in [-0.1, -0.05) is 15.9 Å². The van der Waals surface area contributed by atoms with Crippen LogP contribution in [0.1, 0.15) is 20.7 Å². The Morgan fingerprint density at radius 2 is 1.71 bits per heavy atom. The van der Waals surface area contributed by atoms with E-state index in [1.165, 1.54) is 24.3 Å². The van der Waals surface area contributed by atoms with E-state index in [9.17, 15) is 14.7 Å². The first kappa shape index (κ1) is 15.5. The molecule has 5 nitrogen and oxygen atoms in total. The lowest BCUT2D eigenvalue weighted by atomic mass is 10.1. The Bertz CT molecular complexity index is 731. The minimum atomic E-state index is -1.09. The molecule has 0 atom stereocenters. The number of amides is 1. The second-order valence-electron chi connectivity index (χ2n) is 4.15. The second kappa shape index (κ2) is 6.28. The number of phenols is 1. The number of rotatable bonds is 3. The zero-order chi connectivity index (χ0) is 15.6. The molecule has 2 rings (SSSR count). The Labute approximate surface area is 136 Å². The van der Waals surface area contributed by atoms with Crippen LogP contribution in [0.25, 0.3) is 0 Å². The number of benzene rings is 2. The molecule has 21 heavy (non-hydrogen) atoms.